The van der Waals surface area contributed by atoms with Crippen molar-refractivity contribution in [3.05, 3.63) is 15.6 Å². The second-order valence-electron chi connectivity index (χ2n) is 4.20. The molecule has 1 unspecified atom stereocenters. The summed E-state index contributed by atoms with van der Waals surface area (Å²) in [6.07, 6.45) is 2.14. The van der Waals surface area contributed by atoms with Crippen LogP contribution in [0.2, 0.25) is 0 Å². The molecule has 1 atom stereocenters. The van der Waals surface area contributed by atoms with Crippen LogP contribution in [-0.4, -0.2) is 29.8 Å². The van der Waals surface area contributed by atoms with E-state index in [1.165, 1.54) is 11.3 Å². The molecular weight excluding hydrogens is 226 g/mol. The number of thiazole rings is 1. The van der Waals surface area contributed by atoms with E-state index in [9.17, 15) is 4.79 Å². The van der Waals surface area contributed by atoms with Gasteiger partial charge in [0, 0.05) is 18.9 Å². The number of hydrogen-bond acceptors (Lipinski definition) is 4. The Morgan fingerprint density at radius 2 is 2.38 bits per heavy atom. The molecule has 0 aromatic carbocycles. The first-order valence-electron chi connectivity index (χ1n) is 5.36. The van der Waals surface area contributed by atoms with Gasteiger partial charge in [0.05, 0.1) is 17.3 Å². The molecule has 0 amide bonds. The number of methoxy groups -OCH3 is 1. The fourth-order valence-corrected chi connectivity index (χ4v) is 2.69. The first-order chi connectivity index (χ1) is 7.63. The molecule has 0 saturated heterocycles. The highest BCUT2D eigenvalue weighted by Crippen LogP contribution is 2.43. The Labute approximate surface area is 98.3 Å². The van der Waals surface area contributed by atoms with Crippen molar-refractivity contribution in [3.8, 4) is 0 Å². The summed E-state index contributed by atoms with van der Waals surface area (Å²) in [5.74, 6) is -0.304. The van der Waals surface area contributed by atoms with Gasteiger partial charge in [-0.1, -0.05) is 6.92 Å². The van der Waals surface area contributed by atoms with Crippen LogP contribution in [0.4, 0.5) is 0 Å². The van der Waals surface area contributed by atoms with Gasteiger partial charge < -0.3 is 9.84 Å². The SMILES string of the molecule is COCC(C)c1nc(C2CC2)c(C(=O)O)s1. The monoisotopic (exact) mass is 241 g/mol. The number of carboxylic acids is 1. The Kier molecular flexibility index (Phi) is 3.25. The van der Waals surface area contributed by atoms with E-state index in [-0.39, 0.29) is 5.92 Å². The van der Waals surface area contributed by atoms with Gasteiger partial charge in [-0.3, -0.25) is 0 Å². The summed E-state index contributed by atoms with van der Waals surface area (Å²) in [6, 6.07) is 0. The molecule has 0 radical (unpaired) electrons. The first kappa shape index (κ1) is 11.5. The zero-order chi connectivity index (χ0) is 11.7. The third kappa shape index (κ3) is 2.25. The van der Waals surface area contributed by atoms with E-state index < -0.39 is 5.97 Å². The number of aromatic nitrogens is 1. The number of aromatic carboxylic acids is 1. The molecule has 1 N–H and O–H groups in total. The lowest BCUT2D eigenvalue weighted by Crippen LogP contribution is -2.01. The topological polar surface area (TPSA) is 59.4 Å². The van der Waals surface area contributed by atoms with E-state index in [0.29, 0.717) is 17.4 Å². The lowest BCUT2D eigenvalue weighted by molar-refractivity contribution is 0.0700. The summed E-state index contributed by atoms with van der Waals surface area (Å²) < 4.78 is 5.06. The van der Waals surface area contributed by atoms with Crippen molar-refractivity contribution in [2.45, 2.75) is 31.6 Å². The average Bonchev–Trinajstić information content (AvgIpc) is 2.97. The van der Waals surface area contributed by atoms with Gasteiger partial charge in [-0.15, -0.1) is 11.3 Å². The number of carbonyl (C=O) groups is 1. The smallest absolute Gasteiger partial charge is 0.347 e. The van der Waals surface area contributed by atoms with Crippen molar-refractivity contribution in [2.75, 3.05) is 13.7 Å². The molecule has 4 nitrogen and oxygen atoms in total. The Balaban J connectivity index is 2.27. The van der Waals surface area contributed by atoms with Crippen LogP contribution in [0.25, 0.3) is 0 Å². The maximum absolute atomic E-state index is 11.1. The maximum Gasteiger partial charge on any atom is 0.347 e. The average molecular weight is 241 g/mol. The summed E-state index contributed by atoms with van der Waals surface area (Å²) >= 11 is 1.29. The van der Waals surface area contributed by atoms with Crippen LogP contribution in [0.5, 0.6) is 0 Å². The van der Waals surface area contributed by atoms with E-state index >= 15 is 0 Å². The number of carboxylic acid groups (broad SMARTS) is 1. The molecular formula is C11H15NO3S. The highest BCUT2D eigenvalue weighted by molar-refractivity contribution is 7.13. The Morgan fingerprint density at radius 3 is 2.88 bits per heavy atom. The van der Waals surface area contributed by atoms with Crippen molar-refractivity contribution in [2.24, 2.45) is 0 Å². The van der Waals surface area contributed by atoms with Gasteiger partial charge in [0.15, 0.2) is 0 Å². The second kappa shape index (κ2) is 4.51. The number of nitrogens with zero attached hydrogens (tertiary/aromatic N) is 1. The van der Waals surface area contributed by atoms with E-state index in [0.717, 1.165) is 23.5 Å². The fourth-order valence-electron chi connectivity index (χ4n) is 1.67. The second-order valence-corrected chi connectivity index (χ2v) is 5.23. The van der Waals surface area contributed by atoms with E-state index in [4.69, 9.17) is 9.84 Å². The molecule has 1 aromatic rings. The number of hydrogen-bond donors (Lipinski definition) is 1. The van der Waals surface area contributed by atoms with Gasteiger partial charge in [0.2, 0.25) is 0 Å². The van der Waals surface area contributed by atoms with Crippen molar-refractivity contribution in [1.29, 1.82) is 0 Å². The largest absolute Gasteiger partial charge is 0.477 e. The maximum atomic E-state index is 11.1. The summed E-state index contributed by atoms with van der Waals surface area (Å²) in [4.78, 5) is 16.0. The highest BCUT2D eigenvalue weighted by atomic mass is 32.1. The van der Waals surface area contributed by atoms with Crippen LogP contribution >= 0.6 is 11.3 Å². The van der Waals surface area contributed by atoms with Crippen molar-refractivity contribution in [1.82, 2.24) is 4.98 Å². The molecule has 1 aliphatic rings. The van der Waals surface area contributed by atoms with Gasteiger partial charge >= 0.3 is 5.97 Å². The van der Waals surface area contributed by atoms with Crippen LogP contribution in [0.15, 0.2) is 0 Å². The quantitative estimate of drug-likeness (QED) is 0.860. The molecule has 1 fully saturated rings. The minimum absolute atomic E-state index is 0.167. The molecule has 88 valence electrons. The molecule has 16 heavy (non-hydrogen) atoms. The Morgan fingerprint density at radius 1 is 1.69 bits per heavy atom. The highest BCUT2D eigenvalue weighted by Gasteiger charge is 2.32. The molecule has 0 bridgehead atoms. The van der Waals surface area contributed by atoms with Crippen LogP contribution in [0.3, 0.4) is 0 Å². The minimum atomic E-state index is -0.852. The minimum Gasteiger partial charge on any atom is -0.477 e. The zero-order valence-corrected chi connectivity index (χ0v) is 10.2. The third-order valence-electron chi connectivity index (χ3n) is 2.67. The predicted octanol–water partition coefficient (Wildman–Crippen LogP) is 2.47. The van der Waals surface area contributed by atoms with Gasteiger partial charge in [-0.2, -0.15) is 0 Å². The normalized spacial score (nSPS) is 17.4. The fraction of sp³-hybridized carbons (Fsp3) is 0.636. The van der Waals surface area contributed by atoms with Gasteiger partial charge in [0.25, 0.3) is 0 Å². The van der Waals surface area contributed by atoms with E-state index in [2.05, 4.69) is 4.98 Å². The van der Waals surface area contributed by atoms with Crippen molar-refractivity contribution < 1.29 is 14.6 Å². The predicted molar refractivity (Wildman–Crippen MR) is 61.3 cm³/mol. The van der Waals surface area contributed by atoms with Crippen LogP contribution in [0.1, 0.15) is 52.0 Å². The molecule has 1 saturated carbocycles. The van der Waals surface area contributed by atoms with Crippen LogP contribution < -0.4 is 0 Å². The van der Waals surface area contributed by atoms with Crippen molar-refractivity contribution >= 4 is 17.3 Å². The Bertz CT molecular complexity index is 398. The van der Waals surface area contributed by atoms with Crippen LogP contribution in [-0.2, 0) is 4.74 Å². The lowest BCUT2D eigenvalue weighted by Gasteiger charge is -2.04. The van der Waals surface area contributed by atoms with E-state index in [1.54, 1.807) is 7.11 Å². The molecule has 0 aliphatic heterocycles. The molecule has 1 heterocycles. The molecule has 5 heteroatoms. The number of ether oxygens (including phenoxy) is 1. The molecule has 0 spiro atoms. The summed E-state index contributed by atoms with van der Waals surface area (Å²) in [6.45, 7) is 2.58. The Hall–Kier alpha value is -0.940. The summed E-state index contributed by atoms with van der Waals surface area (Å²) in [5.41, 5.74) is 0.787. The lowest BCUT2D eigenvalue weighted by atomic mass is 10.2. The number of rotatable bonds is 5. The van der Waals surface area contributed by atoms with E-state index in [1.807, 2.05) is 6.92 Å². The summed E-state index contributed by atoms with van der Waals surface area (Å²) in [5, 5.41) is 9.98. The third-order valence-corrected chi connectivity index (χ3v) is 3.96. The van der Waals surface area contributed by atoms with Gasteiger partial charge in [-0.05, 0) is 12.8 Å². The first-order valence-corrected chi connectivity index (χ1v) is 6.18. The van der Waals surface area contributed by atoms with Gasteiger partial charge in [0.1, 0.15) is 4.88 Å². The zero-order valence-electron chi connectivity index (χ0n) is 9.40. The molecule has 2 rings (SSSR count). The molecule has 1 aromatic heterocycles. The van der Waals surface area contributed by atoms with Gasteiger partial charge in [-0.25, -0.2) is 9.78 Å². The van der Waals surface area contributed by atoms with Crippen molar-refractivity contribution in [3.63, 3.8) is 0 Å². The summed E-state index contributed by atoms with van der Waals surface area (Å²) in [7, 11) is 1.64. The molecule has 1 aliphatic carbocycles. The van der Waals surface area contributed by atoms with Crippen LogP contribution in [0, 0.1) is 0 Å². The standard InChI is InChI=1S/C11H15NO3S/c1-6(5-15-2)10-12-8(7-3-4-7)9(16-10)11(13)14/h6-7H,3-5H2,1-2H3,(H,13,14).